The van der Waals surface area contributed by atoms with Crippen molar-refractivity contribution in [3.8, 4) is 0 Å². The number of nitro benzene ring substituents is 1. The zero-order valence-corrected chi connectivity index (χ0v) is 14.2. The Morgan fingerprint density at radius 1 is 1.48 bits per heavy atom. The molecule has 128 valence electrons. The summed E-state index contributed by atoms with van der Waals surface area (Å²) in [5.74, 6) is -1.08. The number of methoxy groups -OCH3 is 1. The third kappa shape index (κ3) is 3.01. The molecule has 8 nitrogen and oxygen atoms in total. The molecule has 0 radical (unpaired) electrons. The number of benzene rings is 1. The van der Waals surface area contributed by atoms with E-state index in [1.165, 1.54) is 25.4 Å². The fourth-order valence-corrected chi connectivity index (χ4v) is 3.62. The highest BCUT2D eigenvalue weighted by Gasteiger charge is 2.34. The molecule has 0 saturated heterocycles. The molecular weight excluding hydrogens is 344 g/mol. The Morgan fingerprint density at radius 3 is 2.92 bits per heavy atom. The van der Waals surface area contributed by atoms with Gasteiger partial charge in [-0.3, -0.25) is 15.5 Å². The summed E-state index contributed by atoms with van der Waals surface area (Å²) in [6.45, 7) is 1.73. The molecular formula is C16H14N4O4S. The second-order valence-corrected chi connectivity index (χ2v) is 6.39. The molecule has 0 amide bonds. The van der Waals surface area contributed by atoms with Gasteiger partial charge in [0.05, 0.1) is 17.6 Å². The predicted octanol–water partition coefficient (Wildman–Crippen LogP) is 2.54. The molecule has 1 atom stereocenters. The van der Waals surface area contributed by atoms with Crippen LogP contribution in [0.3, 0.4) is 0 Å². The molecule has 0 saturated carbocycles. The zero-order valence-electron chi connectivity index (χ0n) is 13.4. The van der Waals surface area contributed by atoms with Crippen LogP contribution >= 0.6 is 11.3 Å². The summed E-state index contributed by atoms with van der Waals surface area (Å²) in [5, 5.41) is 22.6. The van der Waals surface area contributed by atoms with Crippen molar-refractivity contribution in [3.63, 3.8) is 0 Å². The van der Waals surface area contributed by atoms with Crippen LogP contribution in [-0.2, 0) is 9.53 Å². The molecule has 1 aliphatic heterocycles. The minimum Gasteiger partial charge on any atom is -0.466 e. The van der Waals surface area contributed by atoms with E-state index >= 15 is 0 Å². The first-order chi connectivity index (χ1) is 11.9. The number of aromatic nitrogens is 1. The summed E-state index contributed by atoms with van der Waals surface area (Å²) in [5.41, 5.74) is 2.14. The maximum absolute atomic E-state index is 12.3. The Bertz CT molecular complexity index is 967. The minimum absolute atomic E-state index is 0.0619. The van der Waals surface area contributed by atoms with Crippen LogP contribution in [0.5, 0.6) is 0 Å². The standard InChI is InChI=1S/C16H14N4O4S/c1-8-12(15(21)24-2)13(9-4-3-5-10(6-9)20(22)23)11-7-18-16(17)25-14(11)19-8/h3-7,13,17,19H,1-2H3. The summed E-state index contributed by atoms with van der Waals surface area (Å²) >= 11 is 1.14. The van der Waals surface area contributed by atoms with Gasteiger partial charge >= 0.3 is 5.97 Å². The van der Waals surface area contributed by atoms with E-state index in [0.717, 1.165) is 11.3 Å². The summed E-state index contributed by atoms with van der Waals surface area (Å²) < 4.78 is 4.90. The average Bonchev–Trinajstić information content (AvgIpc) is 2.59. The summed E-state index contributed by atoms with van der Waals surface area (Å²) in [6.07, 6.45) is 1.51. The predicted molar refractivity (Wildman–Crippen MR) is 91.2 cm³/mol. The van der Waals surface area contributed by atoms with E-state index in [1.807, 2.05) is 0 Å². The lowest BCUT2D eigenvalue weighted by molar-refractivity contribution is -0.384. The molecule has 1 aromatic carbocycles. The lowest BCUT2D eigenvalue weighted by Gasteiger charge is -2.28. The van der Waals surface area contributed by atoms with E-state index in [9.17, 15) is 14.9 Å². The number of esters is 1. The van der Waals surface area contributed by atoms with Crippen molar-refractivity contribution in [2.24, 2.45) is 0 Å². The molecule has 0 fully saturated rings. The number of nitrogens with zero attached hydrogens (tertiary/aromatic N) is 2. The fourth-order valence-electron chi connectivity index (χ4n) is 2.83. The molecule has 25 heavy (non-hydrogen) atoms. The monoisotopic (exact) mass is 358 g/mol. The molecule has 1 unspecified atom stereocenters. The Morgan fingerprint density at radius 2 is 2.24 bits per heavy atom. The molecule has 3 rings (SSSR count). The van der Waals surface area contributed by atoms with E-state index in [0.29, 0.717) is 27.4 Å². The number of carbonyl (C=O) groups is 1. The van der Waals surface area contributed by atoms with Crippen LogP contribution in [0.25, 0.3) is 0 Å². The van der Waals surface area contributed by atoms with Gasteiger partial charge in [0.15, 0.2) is 0 Å². The third-order valence-corrected chi connectivity index (χ3v) is 4.75. The normalized spacial score (nSPS) is 16.0. The maximum Gasteiger partial charge on any atom is 0.336 e. The van der Waals surface area contributed by atoms with Crippen molar-refractivity contribution in [1.82, 2.24) is 4.98 Å². The van der Waals surface area contributed by atoms with Crippen LogP contribution < -0.4 is 10.1 Å². The van der Waals surface area contributed by atoms with Gasteiger partial charge in [-0.1, -0.05) is 23.5 Å². The van der Waals surface area contributed by atoms with Crippen LogP contribution in [-0.4, -0.2) is 23.0 Å². The minimum atomic E-state index is -0.562. The van der Waals surface area contributed by atoms with Gasteiger partial charge < -0.3 is 10.1 Å². The van der Waals surface area contributed by atoms with E-state index in [2.05, 4.69) is 10.3 Å². The molecule has 2 aromatic rings. The zero-order chi connectivity index (χ0) is 18.1. The van der Waals surface area contributed by atoms with Gasteiger partial charge in [-0.2, -0.15) is 0 Å². The highest BCUT2D eigenvalue weighted by Crippen LogP contribution is 2.43. The van der Waals surface area contributed by atoms with Gasteiger partial charge in [0.25, 0.3) is 5.69 Å². The van der Waals surface area contributed by atoms with Crippen molar-refractivity contribution in [2.75, 3.05) is 12.4 Å². The molecule has 2 N–H and O–H groups in total. The number of hydrogen-bond acceptors (Lipinski definition) is 8. The molecule has 1 aromatic heterocycles. The van der Waals surface area contributed by atoms with E-state index in [-0.39, 0.29) is 10.5 Å². The molecule has 0 aliphatic carbocycles. The summed E-state index contributed by atoms with van der Waals surface area (Å²) in [6, 6.07) is 6.14. The Kier molecular flexibility index (Phi) is 4.32. The van der Waals surface area contributed by atoms with E-state index in [4.69, 9.17) is 10.1 Å². The maximum atomic E-state index is 12.3. The number of nitro groups is 1. The van der Waals surface area contributed by atoms with Crippen molar-refractivity contribution in [3.05, 3.63) is 67.8 Å². The topological polar surface area (TPSA) is 118 Å². The van der Waals surface area contributed by atoms with Gasteiger partial charge in [0, 0.05) is 35.5 Å². The van der Waals surface area contributed by atoms with Crippen LogP contribution in [0.4, 0.5) is 10.7 Å². The van der Waals surface area contributed by atoms with Crippen LogP contribution in [0.2, 0.25) is 0 Å². The number of nitrogens with one attached hydrogen (secondary N) is 2. The second kappa shape index (κ2) is 6.44. The Balaban J connectivity index is 2.26. The van der Waals surface area contributed by atoms with Gasteiger partial charge in [-0.15, -0.1) is 0 Å². The Hall–Kier alpha value is -3.07. The number of allylic oxidation sites excluding steroid dienone is 1. The lowest BCUT2D eigenvalue weighted by atomic mass is 9.83. The van der Waals surface area contributed by atoms with Crippen LogP contribution in [0, 0.1) is 15.5 Å². The van der Waals surface area contributed by atoms with Gasteiger partial charge in [0.2, 0.25) is 4.80 Å². The van der Waals surface area contributed by atoms with Crippen molar-refractivity contribution < 1.29 is 14.5 Å². The molecule has 0 bridgehead atoms. The highest BCUT2D eigenvalue weighted by molar-refractivity contribution is 7.13. The largest absolute Gasteiger partial charge is 0.466 e. The summed E-state index contributed by atoms with van der Waals surface area (Å²) in [4.78, 5) is 27.1. The molecule has 9 heteroatoms. The quantitative estimate of drug-likeness (QED) is 0.494. The smallest absolute Gasteiger partial charge is 0.336 e. The Labute approximate surface area is 146 Å². The first-order valence-corrected chi connectivity index (χ1v) is 8.09. The van der Waals surface area contributed by atoms with Crippen LogP contribution in [0.15, 0.2) is 41.7 Å². The van der Waals surface area contributed by atoms with Gasteiger partial charge in [-0.05, 0) is 12.5 Å². The number of rotatable bonds is 3. The molecule has 0 spiro atoms. The van der Waals surface area contributed by atoms with E-state index < -0.39 is 16.8 Å². The number of carbonyl (C=O) groups excluding carboxylic acids is 1. The SMILES string of the molecule is COC(=O)C1=C(C)Nc2sc(=N)ncc2C1c1cccc([N+](=O)[O-])c1. The fraction of sp³-hybridized carbons (Fsp3) is 0.188. The second-order valence-electron chi connectivity index (χ2n) is 5.39. The van der Waals surface area contributed by atoms with Gasteiger partial charge in [0.1, 0.15) is 5.00 Å². The van der Waals surface area contributed by atoms with E-state index in [1.54, 1.807) is 19.1 Å². The lowest BCUT2D eigenvalue weighted by Crippen LogP contribution is -2.24. The van der Waals surface area contributed by atoms with Crippen molar-refractivity contribution in [2.45, 2.75) is 12.8 Å². The number of anilines is 1. The third-order valence-electron chi connectivity index (χ3n) is 3.91. The van der Waals surface area contributed by atoms with Crippen molar-refractivity contribution >= 4 is 28.0 Å². The van der Waals surface area contributed by atoms with Crippen LogP contribution in [0.1, 0.15) is 24.0 Å². The highest BCUT2D eigenvalue weighted by atomic mass is 32.1. The number of ether oxygens (including phenoxy) is 1. The number of hydrogen-bond donors (Lipinski definition) is 2. The van der Waals surface area contributed by atoms with Crippen molar-refractivity contribution in [1.29, 1.82) is 5.41 Å². The number of non-ortho nitro benzene ring substituents is 1. The first kappa shape index (κ1) is 16.8. The average molecular weight is 358 g/mol. The first-order valence-electron chi connectivity index (χ1n) is 7.27. The number of fused-ring (bicyclic) bond motifs is 1. The van der Waals surface area contributed by atoms with Gasteiger partial charge in [-0.25, -0.2) is 9.78 Å². The summed E-state index contributed by atoms with van der Waals surface area (Å²) in [7, 11) is 1.29. The molecule has 2 heterocycles. The molecule has 1 aliphatic rings.